The summed E-state index contributed by atoms with van der Waals surface area (Å²) in [5.74, 6) is -3.02. The first-order valence-electron chi connectivity index (χ1n) is 10.1. The van der Waals surface area contributed by atoms with Gasteiger partial charge in [-0.2, -0.15) is 13.2 Å². The summed E-state index contributed by atoms with van der Waals surface area (Å²) in [5.41, 5.74) is 9.94. The average molecular weight is 475 g/mol. The number of rotatable bonds is 7. The third-order valence-electron chi connectivity index (χ3n) is 4.54. The Labute approximate surface area is 194 Å². The molecule has 34 heavy (non-hydrogen) atoms. The summed E-state index contributed by atoms with van der Waals surface area (Å²) in [7, 11) is 0. The van der Waals surface area contributed by atoms with Crippen LogP contribution in [0.5, 0.6) is 0 Å². The van der Waals surface area contributed by atoms with Gasteiger partial charge in [-0.1, -0.05) is 48.5 Å². The molecule has 0 atom stereocenters. The number of esters is 1. The fourth-order valence-corrected chi connectivity index (χ4v) is 3.04. The number of carboxylic acid groups (broad SMARTS) is 1. The second-order valence-corrected chi connectivity index (χ2v) is 7.17. The van der Waals surface area contributed by atoms with Crippen LogP contribution in [0.15, 0.2) is 67.0 Å². The monoisotopic (exact) mass is 475 g/mol. The highest BCUT2D eigenvalue weighted by Crippen LogP contribution is 2.19. The lowest BCUT2D eigenvalue weighted by atomic mass is 10.0. The van der Waals surface area contributed by atoms with Gasteiger partial charge in [-0.3, -0.25) is 5.41 Å². The number of nitrogen functional groups attached to an aromatic ring is 1. The minimum Gasteiger partial charge on any atom is -0.475 e. The van der Waals surface area contributed by atoms with E-state index in [0.29, 0.717) is 30.7 Å². The molecule has 10 heteroatoms. The third-order valence-corrected chi connectivity index (χ3v) is 4.54. The highest BCUT2D eigenvalue weighted by Gasteiger charge is 2.38. The number of benzene rings is 2. The van der Waals surface area contributed by atoms with Crippen molar-refractivity contribution in [2.75, 3.05) is 6.61 Å². The quantitative estimate of drug-likeness (QED) is 0.269. The highest BCUT2D eigenvalue weighted by molar-refractivity contribution is 5.95. The van der Waals surface area contributed by atoms with E-state index in [4.69, 9.17) is 25.8 Å². The van der Waals surface area contributed by atoms with Crippen molar-refractivity contribution >= 4 is 17.8 Å². The number of hydrogen-bond donors (Lipinski definition) is 3. The molecule has 0 bridgehead atoms. The Hall–Kier alpha value is -4.08. The molecule has 0 aliphatic carbocycles. The second kappa shape index (κ2) is 11.7. The summed E-state index contributed by atoms with van der Waals surface area (Å²) >= 11 is 0. The first-order valence-corrected chi connectivity index (χ1v) is 10.1. The van der Waals surface area contributed by atoms with Crippen molar-refractivity contribution in [3.63, 3.8) is 0 Å². The third kappa shape index (κ3) is 7.80. The standard InChI is InChI=1S/C22H23N3O2.C2HF3O2/c1-2-27-22(26)20-15-25(13-17-9-6-10-18(12-17)21(23)24)14-19(20)11-16-7-4-3-5-8-16;3-2(4,5)1(6)7/h3-10,12,14-15H,2,11,13H2,1H3,(H3,23,24);(H,6,7). The Morgan fingerprint density at radius 3 is 2.24 bits per heavy atom. The minimum absolute atomic E-state index is 0.0429. The van der Waals surface area contributed by atoms with E-state index in [1.54, 1.807) is 6.92 Å². The van der Waals surface area contributed by atoms with Gasteiger partial charge in [0.15, 0.2) is 0 Å². The maximum Gasteiger partial charge on any atom is 0.490 e. The van der Waals surface area contributed by atoms with E-state index in [-0.39, 0.29) is 11.8 Å². The molecular weight excluding hydrogens is 451 g/mol. The molecule has 0 radical (unpaired) electrons. The molecule has 0 aliphatic rings. The number of carbonyl (C=O) groups is 2. The van der Waals surface area contributed by atoms with Crippen molar-refractivity contribution in [3.05, 3.63) is 94.8 Å². The molecule has 2 aromatic carbocycles. The van der Waals surface area contributed by atoms with Crippen LogP contribution in [0.4, 0.5) is 13.2 Å². The smallest absolute Gasteiger partial charge is 0.475 e. The minimum atomic E-state index is -5.08. The Bertz CT molecular complexity index is 1140. The number of halogens is 3. The number of ether oxygens (including phenoxy) is 1. The SMILES string of the molecule is CCOC(=O)c1cn(Cc2cccc(C(=N)N)c2)cc1Cc1ccccc1.O=C(O)C(F)(F)F. The van der Waals surface area contributed by atoms with Crippen molar-refractivity contribution in [3.8, 4) is 0 Å². The molecule has 0 spiro atoms. The summed E-state index contributed by atoms with van der Waals surface area (Å²) in [4.78, 5) is 21.3. The first-order chi connectivity index (χ1) is 16.0. The van der Waals surface area contributed by atoms with Gasteiger partial charge < -0.3 is 20.1 Å². The maximum atomic E-state index is 12.4. The number of nitrogens with zero attached hydrogens (tertiary/aromatic N) is 1. The number of alkyl halides is 3. The predicted molar refractivity (Wildman–Crippen MR) is 120 cm³/mol. The Kier molecular flexibility index (Phi) is 9.00. The molecule has 7 nitrogen and oxygen atoms in total. The van der Waals surface area contributed by atoms with Gasteiger partial charge in [0.05, 0.1) is 12.2 Å². The summed E-state index contributed by atoms with van der Waals surface area (Å²) in [6.45, 7) is 2.73. The lowest BCUT2D eigenvalue weighted by Crippen LogP contribution is -2.21. The number of nitrogens with one attached hydrogen (secondary N) is 1. The molecule has 1 heterocycles. The number of aromatic nitrogens is 1. The van der Waals surface area contributed by atoms with Crippen molar-refractivity contribution in [2.45, 2.75) is 26.1 Å². The fraction of sp³-hybridized carbons (Fsp3) is 0.208. The molecule has 180 valence electrons. The van der Waals surface area contributed by atoms with Gasteiger partial charge in [-0.25, -0.2) is 9.59 Å². The molecule has 0 fully saturated rings. The Balaban J connectivity index is 0.000000509. The predicted octanol–water partition coefficient (Wildman–Crippen LogP) is 4.22. The topological polar surface area (TPSA) is 118 Å². The fourth-order valence-electron chi connectivity index (χ4n) is 3.04. The maximum absolute atomic E-state index is 12.4. The van der Waals surface area contributed by atoms with Crippen molar-refractivity contribution in [1.29, 1.82) is 5.41 Å². The number of carbonyl (C=O) groups excluding carboxylic acids is 1. The molecule has 0 amide bonds. The van der Waals surface area contributed by atoms with Crippen molar-refractivity contribution in [2.24, 2.45) is 5.73 Å². The molecule has 0 aliphatic heterocycles. The highest BCUT2D eigenvalue weighted by atomic mass is 19.4. The molecule has 4 N–H and O–H groups in total. The van der Waals surface area contributed by atoms with Crippen LogP contribution in [-0.4, -0.2) is 40.2 Å². The van der Waals surface area contributed by atoms with Crippen LogP contribution in [0.25, 0.3) is 0 Å². The van der Waals surface area contributed by atoms with E-state index < -0.39 is 12.1 Å². The molecule has 3 rings (SSSR count). The summed E-state index contributed by atoms with van der Waals surface area (Å²) in [6.07, 6.45) is -0.605. The molecule has 1 aromatic heterocycles. The van der Waals surface area contributed by atoms with Gasteiger partial charge in [-0.05, 0) is 36.1 Å². The van der Waals surface area contributed by atoms with Crippen LogP contribution in [0.2, 0.25) is 0 Å². The van der Waals surface area contributed by atoms with E-state index in [1.165, 1.54) is 0 Å². The number of hydrogen-bond acceptors (Lipinski definition) is 4. The van der Waals surface area contributed by atoms with Crippen LogP contribution in [0.1, 0.15) is 39.5 Å². The largest absolute Gasteiger partial charge is 0.490 e. The Morgan fingerprint density at radius 1 is 1.06 bits per heavy atom. The van der Waals surface area contributed by atoms with Gasteiger partial charge in [0.1, 0.15) is 5.84 Å². The zero-order chi connectivity index (χ0) is 25.3. The number of amidine groups is 1. The normalized spacial score (nSPS) is 10.7. The second-order valence-electron chi connectivity index (χ2n) is 7.17. The van der Waals surface area contributed by atoms with E-state index in [1.807, 2.05) is 71.6 Å². The van der Waals surface area contributed by atoms with Gasteiger partial charge in [0.25, 0.3) is 0 Å². The Morgan fingerprint density at radius 2 is 1.68 bits per heavy atom. The van der Waals surface area contributed by atoms with E-state index in [2.05, 4.69) is 0 Å². The first kappa shape index (κ1) is 26.2. The van der Waals surface area contributed by atoms with Crippen LogP contribution in [0.3, 0.4) is 0 Å². The molecule has 3 aromatic rings. The van der Waals surface area contributed by atoms with E-state index in [9.17, 15) is 18.0 Å². The van der Waals surface area contributed by atoms with Crippen LogP contribution >= 0.6 is 0 Å². The zero-order valence-electron chi connectivity index (χ0n) is 18.3. The van der Waals surface area contributed by atoms with Crippen LogP contribution < -0.4 is 5.73 Å². The molecule has 0 unspecified atom stereocenters. The van der Waals surface area contributed by atoms with Gasteiger partial charge >= 0.3 is 18.1 Å². The van der Waals surface area contributed by atoms with Gasteiger partial charge in [0.2, 0.25) is 0 Å². The summed E-state index contributed by atoms with van der Waals surface area (Å²) in [5, 5.41) is 14.7. The van der Waals surface area contributed by atoms with Gasteiger partial charge in [-0.15, -0.1) is 0 Å². The summed E-state index contributed by atoms with van der Waals surface area (Å²) < 4.78 is 38.9. The number of aliphatic carboxylic acids is 1. The van der Waals surface area contributed by atoms with E-state index >= 15 is 0 Å². The van der Waals surface area contributed by atoms with Crippen molar-refractivity contribution < 1.29 is 32.6 Å². The molecular formula is C24H24F3N3O4. The number of nitrogens with two attached hydrogens (primary N) is 1. The van der Waals surface area contributed by atoms with Gasteiger partial charge in [0, 0.05) is 24.5 Å². The molecule has 0 saturated heterocycles. The zero-order valence-corrected chi connectivity index (χ0v) is 18.3. The van der Waals surface area contributed by atoms with Crippen LogP contribution in [0, 0.1) is 5.41 Å². The van der Waals surface area contributed by atoms with Crippen LogP contribution in [-0.2, 0) is 22.5 Å². The van der Waals surface area contributed by atoms with Crippen molar-refractivity contribution in [1.82, 2.24) is 4.57 Å². The molecule has 0 saturated carbocycles. The van der Waals surface area contributed by atoms with E-state index in [0.717, 1.165) is 16.7 Å². The lowest BCUT2D eigenvalue weighted by molar-refractivity contribution is -0.192. The summed E-state index contributed by atoms with van der Waals surface area (Å²) in [6, 6.07) is 17.6. The lowest BCUT2D eigenvalue weighted by Gasteiger charge is -2.05. The average Bonchev–Trinajstić information content (AvgIpc) is 3.16. The number of carboxylic acids is 1.